The molecular weight excluding hydrogens is 395 g/mol. The molecule has 3 heteroatoms. The van der Waals surface area contributed by atoms with Gasteiger partial charge in [-0.15, -0.1) is 0 Å². The van der Waals surface area contributed by atoms with E-state index in [-0.39, 0.29) is 5.82 Å². The van der Waals surface area contributed by atoms with Gasteiger partial charge in [-0.1, -0.05) is 48.3 Å². The highest BCUT2D eigenvalue weighted by Gasteiger charge is 2.01. The molecule has 0 N–H and O–H groups in total. The molecule has 0 aliphatic carbocycles. The highest BCUT2D eigenvalue weighted by molar-refractivity contribution is 5.83. The molecule has 32 heavy (non-hydrogen) atoms. The number of halogens is 1. The summed E-state index contributed by atoms with van der Waals surface area (Å²) in [7, 11) is 0. The van der Waals surface area contributed by atoms with E-state index in [4.69, 9.17) is 0 Å². The molecule has 0 unspecified atom stereocenters. The summed E-state index contributed by atoms with van der Waals surface area (Å²) in [6.07, 6.45) is 11.8. The predicted molar refractivity (Wildman–Crippen MR) is 129 cm³/mol. The summed E-state index contributed by atoms with van der Waals surface area (Å²) >= 11 is 0. The number of hydrogen-bond acceptors (Lipinski definition) is 2. The Morgan fingerprint density at radius 2 is 1.44 bits per heavy atom. The number of aryl methyl sites for hydroxylation is 3. The normalized spacial score (nSPS) is 10.9. The average molecular weight is 421 g/mol. The van der Waals surface area contributed by atoms with E-state index in [1.165, 1.54) is 23.3 Å². The number of allylic oxidation sites excluding steroid dienone is 2. The maximum Gasteiger partial charge on any atom is 0.128 e. The van der Waals surface area contributed by atoms with E-state index in [2.05, 4.69) is 46.1 Å². The molecule has 1 heterocycles. The Hall–Kier alpha value is -3.77. The molecule has 0 spiro atoms. The van der Waals surface area contributed by atoms with Crippen LogP contribution in [0.4, 0.5) is 4.39 Å². The van der Waals surface area contributed by atoms with Crippen molar-refractivity contribution in [1.82, 2.24) is 9.97 Å². The SMILES string of the molecule is C/C=C/CCc1cnc(CCc2ccc(C#Cc3ccc4cc(F)ccc4c3)cc2)nc1. The highest BCUT2D eigenvalue weighted by atomic mass is 19.1. The molecule has 0 aliphatic rings. The first kappa shape index (κ1) is 21.5. The quantitative estimate of drug-likeness (QED) is 0.264. The molecule has 0 atom stereocenters. The molecular formula is C29H25FN2. The van der Waals surface area contributed by atoms with Crippen LogP contribution in [0.25, 0.3) is 10.8 Å². The standard InChI is InChI=1S/C29H25FN2/c1-2-3-4-5-25-20-31-29(32-21-25)17-13-23-8-6-22(7-9-23)10-11-24-12-14-27-19-28(30)16-15-26(27)18-24/h2-3,6-9,12,14-16,18-21H,4-5,13,17H2,1H3/b3-2+. The van der Waals surface area contributed by atoms with Crippen molar-refractivity contribution in [2.24, 2.45) is 0 Å². The Morgan fingerprint density at radius 1 is 0.750 bits per heavy atom. The maximum atomic E-state index is 13.3. The largest absolute Gasteiger partial charge is 0.241 e. The minimum absolute atomic E-state index is 0.222. The second kappa shape index (κ2) is 10.5. The van der Waals surface area contributed by atoms with E-state index < -0.39 is 0 Å². The first-order valence-electron chi connectivity index (χ1n) is 10.9. The summed E-state index contributed by atoms with van der Waals surface area (Å²) in [5.41, 5.74) is 4.30. The lowest BCUT2D eigenvalue weighted by molar-refractivity contribution is 0.630. The van der Waals surface area contributed by atoms with Gasteiger partial charge in [-0.05, 0) is 84.5 Å². The van der Waals surface area contributed by atoms with Gasteiger partial charge >= 0.3 is 0 Å². The Morgan fingerprint density at radius 3 is 2.22 bits per heavy atom. The summed E-state index contributed by atoms with van der Waals surface area (Å²) in [5, 5.41) is 1.87. The molecule has 4 rings (SSSR count). The molecule has 0 saturated heterocycles. The summed E-state index contributed by atoms with van der Waals surface area (Å²) in [6.45, 7) is 2.04. The molecule has 0 fully saturated rings. The lowest BCUT2D eigenvalue weighted by Gasteiger charge is -2.03. The van der Waals surface area contributed by atoms with Crippen molar-refractivity contribution in [2.45, 2.75) is 32.6 Å². The van der Waals surface area contributed by atoms with Crippen LogP contribution < -0.4 is 0 Å². The van der Waals surface area contributed by atoms with Crippen LogP contribution in [0.15, 0.2) is 85.2 Å². The smallest absolute Gasteiger partial charge is 0.128 e. The number of hydrogen-bond donors (Lipinski definition) is 0. The number of aromatic nitrogens is 2. The van der Waals surface area contributed by atoms with Crippen LogP contribution in [0, 0.1) is 17.7 Å². The summed E-state index contributed by atoms with van der Waals surface area (Å²) in [4.78, 5) is 9.00. The van der Waals surface area contributed by atoms with E-state index in [0.717, 1.165) is 53.4 Å². The zero-order valence-corrected chi connectivity index (χ0v) is 18.2. The van der Waals surface area contributed by atoms with Crippen LogP contribution in [0.2, 0.25) is 0 Å². The molecule has 0 aliphatic heterocycles. The molecule has 0 amide bonds. The van der Waals surface area contributed by atoms with Gasteiger partial charge < -0.3 is 0 Å². The zero-order valence-electron chi connectivity index (χ0n) is 18.2. The molecule has 0 radical (unpaired) electrons. The lowest BCUT2D eigenvalue weighted by atomic mass is 10.1. The predicted octanol–water partition coefficient (Wildman–Crippen LogP) is 6.46. The van der Waals surface area contributed by atoms with Crippen LogP contribution in [0.5, 0.6) is 0 Å². The monoisotopic (exact) mass is 420 g/mol. The lowest BCUT2D eigenvalue weighted by Crippen LogP contribution is -1.99. The second-order valence-corrected chi connectivity index (χ2v) is 7.77. The van der Waals surface area contributed by atoms with Gasteiger partial charge in [0.1, 0.15) is 11.6 Å². The second-order valence-electron chi connectivity index (χ2n) is 7.77. The van der Waals surface area contributed by atoms with Crippen molar-refractivity contribution in [2.75, 3.05) is 0 Å². The van der Waals surface area contributed by atoms with Crippen LogP contribution >= 0.6 is 0 Å². The minimum atomic E-state index is -0.222. The van der Waals surface area contributed by atoms with Gasteiger partial charge in [0.15, 0.2) is 0 Å². The fourth-order valence-electron chi connectivity index (χ4n) is 3.51. The van der Waals surface area contributed by atoms with Gasteiger partial charge in [0.25, 0.3) is 0 Å². The molecule has 2 nitrogen and oxygen atoms in total. The molecule has 0 saturated carbocycles. The summed E-state index contributed by atoms with van der Waals surface area (Å²) in [5.74, 6) is 7.06. The van der Waals surface area contributed by atoms with Crippen molar-refractivity contribution in [1.29, 1.82) is 0 Å². The average Bonchev–Trinajstić information content (AvgIpc) is 2.83. The van der Waals surface area contributed by atoms with Crippen LogP contribution in [-0.4, -0.2) is 9.97 Å². The number of benzene rings is 3. The van der Waals surface area contributed by atoms with Crippen LogP contribution in [0.1, 0.15) is 41.4 Å². The van der Waals surface area contributed by atoms with E-state index in [0.29, 0.717) is 0 Å². The topological polar surface area (TPSA) is 25.8 Å². The first-order chi connectivity index (χ1) is 15.7. The number of fused-ring (bicyclic) bond motifs is 1. The van der Waals surface area contributed by atoms with Crippen molar-refractivity contribution in [3.63, 3.8) is 0 Å². The van der Waals surface area contributed by atoms with Crippen LogP contribution in [0.3, 0.4) is 0 Å². The Bertz CT molecular complexity index is 1280. The van der Waals surface area contributed by atoms with Gasteiger partial charge in [0.2, 0.25) is 0 Å². The van der Waals surface area contributed by atoms with Crippen LogP contribution in [-0.2, 0) is 19.3 Å². The molecule has 4 aromatic rings. The molecule has 158 valence electrons. The first-order valence-corrected chi connectivity index (χ1v) is 10.9. The summed E-state index contributed by atoms with van der Waals surface area (Å²) < 4.78 is 13.3. The van der Waals surface area contributed by atoms with Crippen molar-refractivity contribution in [3.8, 4) is 11.8 Å². The van der Waals surface area contributed by atoms with E-state index in [1.54, 1.807) is 6.07 Å². The maximum absolute atomic E-state index is 13.3. The number of nitrogens with zero attached hydrogens (tertiary/aromatic N) is 2. The third-order valence-corrected chi connectivity index (χ3v) is 5.34. The van der Waals surface area contributed by atoms with Crippen molar-refractivity contribution in [3.05, 3.63) is 119 Å². The molecule has 0 bridgehead atoms. The van der Waals surface area contributed by atoms with Gasteiger partial charge in [-0.2, -0.15) is 0 Å². The number of rotatable bonds is 6. The van der Waals surface area contributed by atoms with Crippen molar-refractivity contribution < 1.29 is 4.39 Å². The van der Waals surface area contributed by atoms with Gasteiger partial charge in [0, 0.05) is 29.9 Å². The van der Waals surface area contributed by atoms with Gasteiger partial charge in [-0.25, -0.2) is 14.4 Å². The van der Waals surface area contributed by atoms with Gasteiger partial charge in [-0.3, -0.25) is 0 Å². The fraction of sp³-hybridized carbons (Fsp3) is 0.172. The van der Waals surface area contributed by atoms with E-state index in [9.17, 15) is 4.39 Å². The molecule has 3 aromatic carbocycles. The summed E-state index contributed by atoms with van der Waals surface area (Å²) in [6, 6.07) is 18.9. The Labute approximate surface area is 188 Å². The Kier molecular flexibility index (Phi) is 7.05. The Balaban J connectivity index is 1.34. The van der Waals surface area contributed by atoms with Crippen molar-refractivity contribution >= 4 is 10.8 Å². The van der Waals surface area contributed by atoms with E-state index in [1.807, 2.05) is 49.6 Å². The third-order valence-electron chi connectivity index (χ3n) is 5.34. The van der Waals surface area contributed by atoms with Gasteiger partial charge in [0.05, 0.1) is 0 Å². The highest BCUT2D eigenvalue weighted by Crippen LogP contribution is 2.17. The minimum Gasteiger partial charge on any atom is -0.241 e. The third kappa shape index (κ3) is 5.89. The molecule has 1 aromatic heterocycles. The fourth-order valence-corrected chi connectivity index (χ4v) is 3.51. The zero-order chi connectivity index (χ0) is 22.2. The van der Waals surface area contributed by atoms with E-state index >= 15 is 0 Å².